The molecule has 0 spiro atoms. The molecule has 0 atom stereocenters. The van der Waals surface area contributed by atoms with Crippen LogP contribution < -0.4 is 4.74 Å². The van der Waals surface area contributed by atoms with Crippen LogP contribution in [-0.4, -0.2) is 54.4 Å². The van der Waals surface area contributed by atoms with Crippen molar-refractivity contribution in [3.8, 4) is 5.75 Å². The van der Waals surface area contributed by atoms with Crippen molar-refractivity contribution in [2.24, 2.45) is 0 Å². The average molecular weight is 385 g/mol. The Labute approximate surface area is 163 Å². The number of hydrogen-bond acceptors (Lipinski definition) is 4. The second-order valence-electron chi connectivity index (χ2n) is 6.98. The predicted molar refractivity (Wildman–Crippen MR) is 106 cm³/mol. The lowest BCUT2D eigenvalue weighted by Gasteiger charge is -2.22. The summed E-state index contributed by atoms with van der Waals surface area (Å²) in [7, 11) is 0. The number of carbonyl (C=O) groups is 2. The number of benzene rings is 1. The molecule has 2 aromatic rings. The fourth-order valence-electron chi connectivity index (χ4n) is 3.66. The molecule has 142 valence electrons. The summed E-state index contributed by atoms with van der Waals surface area (Å²) in [5.41, 5.74) is 1.82. The first kappa shape index (κ1) is 18.0. The second kappa shape index (κ2) is 7.72. The lowest BCUT2D eigenvalue weighted by Crippen LogP contribution is -2.37. The van der Waals surface area contributed by atoms with Crippen LogP contribution >= 0.6 is 11.3 Å². The van der Waals surface area contributed by atoms with Crippen molar-refractivity contribution < 1.29 is 14.3 Å². The molecule has 1 aromatic carbocycles. The van der Waals surface area contributed by atoms with Gasteiger partial charge in [-0.15, -0.1) is 11.3 Å². The van der Waals surface area contributed by atoms with E-state index in [0.29, 0.717) is 38.3 Å². The van der Waals surface area contributed by atoms with Gasteiger partial charge in [0.05, 0.1) is 11.5 Å². The van der Waals surface area contributed by atoms with Crippen molar-refractivity contribution in [1.29, 1.82) is 0 Å². The van der Waals surface area contributed by atoms with E-state index in [2.05, 4.69) is 6.92 Å². The molecule has 5 nitrogen and oxygen atoms in total. The van der Waals surface area contributed by atoms with Gasteiger partial charge in [-0.3, -0.25) is 9.59 Å². The van der Waals surface area contributed by atoms with Gasteiger partial charge >= 0.3 is 0 Å². The number of aryl methyl sites for hydroxylation is 1. The Morgan fingerprint density at radius 1 is 1.04 bits per heavy atom. The van der Waals surface area contributed by atoms with Crippen molar-refractivity contribution in [3.05, 3.63) is 51.2 Å². The highest BCUT2D eigenvalue weighted by Crippen LogP contribution is 2.26. The Bertz CT molecular complexity index is 861. The Kier molecular flexibility index (Phi) is 5.16. The molecule has 0 bridgehead atoms. The molecule has 0 saturated carbocycles. The van der Waals surface area contributed by atoms with Gasteiger partial charge in [-0.2, -0.15) is 0 Å². The largest absolute Gasteiger partial charge is 0.493 e. The van der Waals surface area contributed by atoms with Crippen molar-refractivity contribution in [2.75, 3.05) is 32.8 Å². The molecule has 4 rings (SSSR count). The summed E-state index contributed by atoms with van der Waals surface area (Å²) in [6, 6.07) is 9.65. The molecule has 0 N–H and O–H groups in total. The Balaban J connectivity index is 1.42. The Morgan fingerprint density at radius 3 is 2.56 bits per heavy atom. The molecule has 0 unspecified atom stereocenters. The maximum Gasteiger partial charge on any atom is 0.263 e. The number of ether oxygens (including phenoxy) is 1. The van der Waals surface area contributed by atoms with Crippen LogP contribution in [0.1, 0.15) is 43.8 Å². The average Bonchev–Trinajstić information content (AvgIpc) is 3.30. The minimum atomic E-state index is 0.0448. The van der Waals surface area contributed by atoms with E-state index in [4.69, 9.17) is 4.74 Å². The quantitative estimate of drug-likeness (QED) is 0.816. The van der Waals surface area contributed by atoms with Crippen molar-refractivity contribution in [1.82, 2.24) is 9.80 Å². The summed E-state index contributed by atoms with van der Waals surface area (Å²) in [6.45, 7) is 5.32. The van der Waals surface area contributed by atoms with Gasteiger partial charge in [-0.1, -0.05) is 6.92 Å². The smallest absolute Gasteiger partial charge is 0.263 e. The summed E-state index contributed by atoms with van der Waals surface area (Å²) in [5, 5.41) is 0. The first-order chi connectivity index (χ1) is 13.2. The molecule has 3 heterocycles. The zero-order valence-corrected chi connectivity index (χ0v) is 16.4. The van der Waals surface area contributed by atoms with Crippen LogP contribution in [0.15, 0.2) is 30.3 Å². The maximum atomic E-state index is 12.9. The summed E-state index contributed by atoms with van der Waals surface area (Å²) in [6.07, 6.45) is 2.61. The van der Waals surface area contributed by atoms with Gasteiger partial charge < -0.3 is 14.5 Å². The van der Waals surface area contributed by atoms with Gasteiger partial charge in [0.2, 0.25) is 0 Å². The summed E-state index contributed by atoms with van der Waals surface area (Å²) < 4.78 is 5.52. The number of nitrogens with zero attached hydrogens (tertiary/aromatic N) is 2. The van der Waals surface area contributed by atoms with Crippen LogP contribution in [0.5, 0.6) is 5.75 Å². The SMILES string of the molecule is CCc1ccc(C(=O)N2CCCN(C(=O)c3ccc4c(c3)CCO4)CC2)s1. The fraction of sp³-hybridized carbons (Fsp3) is 0.429. The van der Waals surface area contributed by atoms with Crippen molar-refractivity contribution in [3.63, 3.8) is 0 Å². The monoisotopic (exact) mass is 384 g/mol. The van der Waals surface area contributed by atoms with Gasteiger partial charge in [-0.05, 0) is 48.7 Å². The van der Waals surface area contributed by atoms with Crippen LogP contribution in [-0.2, 0) is 12.8 Å². The number of carbonyl (C=O) groups excluding carboxylic acids is 2. The third-order valence-corrected chi connectivity index (χ3v) is 6.45. The molecular weight excluding hydrogens is 360 g/mol. The molecule has 1 saturated heterocycles. The van der Waals surface area contributed by atoms with Crippen molar-refractivity contribution in [2.45, 2.75) is 26.2 Å². The summed E-state index contributed by atoms with van der Waals surface area (Å²) in [5.74, 6) is 1.02. The number of hydrogen-bond donors (Lipinski definition) is 0. The summed E-state index contributed by atoms with van der Waals surface area (Å²) >= 11 is 1.57. The minimum Gasteiger partial charge on any atom is -0.493 e. The van der Waals surface area contributed by atoms with Crippen LogP contribution in [0.4, 0.5) is 0 Å². The molecule has 2 aliphatic rings. The van der Waals surface area contributed by atoms with E-state index in [0.717, 1.165) is 35.5 Å². The van der Waals surface area contributed by atoms with E-state index >= 15 is 0 Å². The molecule has 0 aliphatic carbocycles. The second-order valence-corrected chi connectivity index (χ2v) is 8.15. The standard InChI is InChI=1S/C21H24N2O3S/c1-2-17-5-7-19(27-17)21(25)23-10-3-9-22(11-12-23)20(24)16-4-6-18-15(14-16)8-13-26-18/h4-7,14H,2-3,8-13H2,1H3. The van der Waals surface area contributed by atoms with Crippen LogP contribution in [0, 0.1) is 0 Å². The van der Waals surface area contributed by atoms with Gasteiger partial charge in [0.1, 0.15) is 5.75 Å². The van der Waals surface area contributed by atoms with E-state index in [1.807, 2.05) is 40.1 Å². The molecular formula is C21H24N2O3S. The van der Waals surface area contributed by atoms with E-state index in [9.17, 15) is 9.59 Å². The Hall–Kier alpha value is -2.34. The zero-order chi connectivity index (χ0) is 18.8. The maximum absolute atomic E-state index is 12.9. The number of thiophene rings is 1. The highest BCUT2D eigenvalue weighted by molar-refractivity contribution is 7.14. The third kappa shape index (κ3) is 3.72. The number of fused-ring (bicyclic) bond motifs is 1. The van der Waals surface area contributed by atoms with Gasteiger partial charge in [0.25, 0.3) is 11.8 Å². The van der Waals surface area contributed by atoms with Gasteiger partial charge in [-0.25, -0.2) is 0 Å². The van der Waals surface area contributed by atoms with E-state index in [1.165, 1.54) is 4.88 Å². The van der Waals surface area contributed by atoms with E-state index < -0.39 is 0 Å². The molecule has 1 fully saturated rings. The molecule has 2 amide bonds. The Morgan fingerprint density at radius 2 is 1.81 bits per heavy atom. The minimum absolute atomic E-state index is 0.0448. The lowest BCUT2D eigenvalue weighted by molar-refractivity contribution is 0.0721. The molecule has 6 heteroatoms. The number of rotatable bonds is 3. The predicted octanol–water partition coefficient (Wildman–Crippen LogP) is 3.23. The van der Waals surface area contributed by atoms with Gasteiger partial charge in [0.15, 0.2) is 0 Å². The fourth-order valence-corrected chi connectivity index (χ4v) is 4.58. The molecule has 2 aliphatic heterocycles. The van der Waals surface area contributed by atoms with Crippen LogP contribution in [0.2, 0.25) is 0 Å². The van der Waals surface area contributed by atoms with E-state index in [-0.39, 0.29) is 11.8 Å². The zero-order valence-electron chi connectivity index (χ0n) is 15.6. The first-order valence-electron chi connectivity index (χ1n) is 9.58. The van der Waals surface area contributed by atoms with Crippen molar-refractivity contribution >= 4 is 23.2 Å². The molecule has 0 radical (unpaired) electrons. The highest BCUT2D eigenvalue weighted by Gasteiger charge is 2.25. The van der Waals surface area contributed by atoms with E-state index in [1.54, 1.807) is 11.3 Å². The third-order valence-electron chi connectivity index (χ3n) is 5.23. The topological polar surface area (TPSA) is 49.9 Å². The van der Waals surface area contributed by atoms with Crippen LogP contribution in [0.25, 0.3) is 0 Å². The summed E-state index contributed by atoms with van der Waals surface area (Å²) in [4.78, 5) is 31.5. The lowest BCUT2D eigenvalue weighted by atomic mass is 10.1. The molecule has 27 heavy (non-hydrogen) atoms. The first-order valence-corrected chi connectivity index (χ1v) is 10.4. The van der Waals surface area contributed by atoms with Gasteiger partial charge in [0, 0.05) is 43.0 Å². The highest BCUT2D eigenvalue weighted by atomic mass is 32.1. The normalized spacial score (nSPS) is 16.6. The molecule has 1 aromatic heterocycles. The number of amides is 2. The van der Waals surface area contributed by atoms with Crippen LogP contribution in [0.3, 0.4) is 0 Å².